The molecule has 0 saturated heterocycles. The zero-order valence-electron chi connectivity index (χ0n) is 8.14. The van der Waals surface area contributed by atoms with Gasteiger partial charge in [-0.15, -0.1) is 0 Å². The van der Waals surface area contributed by atoms with Crippen LogP contribution < -0.4 is 0 Å². The molecular weight excluding hydrogens is 144 g/mol. The summed E-state index contributed by atoms with van der Waals surface area (Å²) in [6.45, 7) is 5.00. The van der Waals surface area contributed by atoms with Crippen LogP contribution in [0.4, 0.5) is 0 Å². The third-order valence-corrected chi connectivity index (χ3v) is 4.77. The first-order chi connectivity index (χ1) is 5.66. The standard InChI is InChI=1S/C12H18/c1-12(2)10-4-8-3-9(6-10)7-11(12)5-8/h3,8,10-11H,4-7H2,1-2H3. The van der Waals surface area contributed by atoms with Gasteiger partial charge in [0.25, 0.3) is 0 Å². The minimum absolute atomic E-state index is 0.661. The van der Waals surface area contributed by atoms with Crippen molar-refractivity contribution in [2.24, 2.45) is 23.2 Å². The van der Waals surface area contributed by atoms with Gasteiger partial charge in [-0.25, -0.2) is 0 Å². The van der Waals surface area contributed by atoms with Gasteiger partial charge in [0.1, 0.15) is 0 Å². The summed E-state index contributed by atoms with van der Waals surface area (Å²) < 4.78 is 0. The molecule has 4 bridgehead atoms. The second-order valence-corrected chi connectivity index (χ2v) is 5.68. The van der Waals surface area contributed by atoms with Crippen LogP contribution in [0.2, 0.25) is 0 Å². The van der Waals surface area contributed by atoms with E-state index < -0.39 is 0 Å². The quantitative estimate of drug-likeness (QED) is 0.479. The third kappa shape index (κ3) is 0.739. The Morgan fingerprint density at radius 3 is 2.25 bits per heavy atom. The van der Waals surface area contributed by atoms with Crippen LogP contribution in [-0.4, -0.2) is 0 Å². The van der Waals surface area contributed by atoms with Crippen molar-refractivity contribution in [3.63, 3.8) is 0 Å². The Morgan fingerprint density at radius 2 is 1.75 bits per heavy atom. The molecule has 2 unspecified atom stereocenters. The van der Waals surface area contributed by atoms with E-state index in [2.05, 4.69) is 19.9 Å². The molecule has 0 radical (unpaired) electrons. The van der Waals surface area contributed by atoms with E-state index in [4.69, 9.17) is 0 Å². The molecule has 0 aromatic rings. The third-order valence-electron chi connectivity index (χ3n) is 4.77. The summed E-state index contributed by atoms with van der Waals surface area (Å²) in [4.78, 5) is 0. The molecular formula is C12H18. The molecule has 12 heavy (non-hydrogen) atoms. The van der Waals surface area contributed by atoms with Crippen molar-refractivity contribution in [3.05, 3.63) is 11.6 Å². The zero-order valence-corrected chi connectivity index (χ0v) is 8.14. The van der Waals surface area contributed by atoms with Crippen LogP contribution in [0, 0.1) is 23.2 Å². The Labute approximate surface area is 75.0 Å². The fourth-order valence-electron chi connectivity index (χ4n) is 3.78. The average molecular weight is 162 g/mol. The van der Waals surface area contributed by atoms with Gasteiger partial charge in [0.15, 0.2) is 0 Å². The van der Waals surface area contributed by atoms with E-state index in [0.29, 0.717) is 5.41 Å². The Hall–Kier alpha value is -0.260. The van der Waals surface area contributed by atoms with Crippen molar-refractivity contribution in [3.8, 4) is 0 Å². The van der Waals surface area contributed by atoms with Crippen molar-refractivity contribution in [1.82, 2.24) is 0 Å². The maximum atomic E-state index is 2.59. The number of allylic oxidation sites excluding steroid dienone is 2. The predicted molar refractivity (Wildman–Crippen MR) is 50.8 cm³/mol. The first kappa shape index (κ1) is 7.17. The SMILES string of the molecule is CC1(C)C2CC3=CC(C2)CC1C3. The van der Waals surface area contributed by atoms with Crippen LogP contribution >= 0.6 is 0 Å². The van der Waals surface area contributed by atoms with E-state index in [1.165, 1.54) is 25.7 Å². The van der Waals surface area contributed by atoms with Gasteiger partial charge >= 0.3 is 0 Å². The zero-order chi connectivity index (χ0) is 8.34. The van der Waals surface area contributed by atoms with Gasteiger partial charge < -0.3 is 0 Å². The molecule has 0 nitrogen and oxygen atoms in total. The maximum Gasteiger partial charge on any atom is -0.0225 e. The largest absolute Gasteiger partial charge is 0.0822 e. The smallest absolute Gasteiger partial charge is 0.0225 e. The lowest BCUT2D eigenvalue weighted by molar-refractivity contribution is 0.00397. The van der Waals surface area contributed by atoms with E-state index in [-0.39, 0.29) is 0 Å². The van der Waals surface area contributed by atoms with Crippen LogP contribution in [0.1, 0.15) is 39.5 Å². The Balaban J connectivity index is 2.05. The lowest BCUT2D eigenvalue weighted by atomic mass is 9.50. The van der Waals surface area contributed by atoms with E-state index >= 15 is 0 Å². The van der Waals surface area contributed by atoms with Crippen LogP contribution in [0.25, 0.3) is 0 Å². The summed E-state index contributed by atoms with van der Waals surface area (Å²) in [5, 5.41) is 0. The molecule has 0 aromatic carbocycles. The average Bonchev–Trinajstić information content (AvgIpc) is 1.99. The first-order valence-corrected chi connectivity index (χ1v) is 5.36. The highest BCUT2D eigenvalue weighted by Crippen LogP contribution is 2.59. The van der Waals surface area contributed by atoms with Crippen molar-refractivity contribution in [1.29, 1.82) is 0 Å². The highest BCUT2D eigenvalue weighted by atomic mass is 14.5. The summed E-state index contributed by atoms with van der Waals surface area (Å²) in [5.74, 6) is 3.02. The van der Waals surface area contributed by atoms with Crippen LogP contribution in [0.5, 0.6) is 0 Å². The first-order valence-electron chi connectivity index (χ1n) is 5.36. The minimum Gasteiger partial charge on any atom is -0.0822 e. The van der Waals surface area contributed by atoms with Crippen molar-refractivity contribution >= 4 is 0 Å². The fourth-order valence-corrected chi connectivity index (χ4v) is 3.78. The number of rotatable bonds is 0. The van der Waals surface area contributed by atoms with Gasteiger partial charge in [-0.3, -0.25) is 0 Å². The molecule has 4 rings (SSSR count). The molecule has 4 aliphatic rings. The minimum atomic E-state index is 0.661. The highest BCUT2D eigenvalue weighted by molar-refractivity contribution is 5.21. The fraction of sp³-hybridized carbons (Fsp3) is 0.833. The van der Waals surface area contributed by atoms with Gasteiger partial charge in [0.05, 0.1) is 0 Å². The molecule has 66 valence electrons. The molecule has 0 heterocycles. The van der Waals surface area contributed by atoms with Crippen molar-refractivity contribution < 1.29 is 0 Å². The van der Waals surface area contributed by atoms with Crippen molar-refractivity contribution in [2.45, 2.75) is 39.5 Å². The van der Waals surface area contributed by atoms with Crippen LogP contribution in [0.3, 0.4) is 0 Å². The number of hydrogen-bond acceptors (Lipinski definition) is 0. The van der Waals surface area contributed by atoms with E-state index in [1.54, 1.807) is 5.57 Å². The molecule has 2 saturated carbocycles. The Morgan fingerprint density at radius 1 is 1.17 bits per heavy atom. The van der Waals surface area contributed by atoms with Gasteiger partial charge in [-0.2, -0.15) is 0 Å². The summed E-state index contributed by atoms with van der Waals surface area (Å²) in [6.07, 6.45) is 8.43. The summed E-state index contributed by atoms with van der Waals surface area (Å²) in [7, 11) is 0. The molecule has 0 amide bonds. The lowest BCUT2D eigenvalue weighted by Gasteiger charge is -2.55. The van der Waals surface area contributed by atoms with Crippen LogP contribution in [0.15, 0.2) is 11.6 Å². The maximum absolute atomic E-state index is 2.59. The molecule has 2 fully saturated rings. The molecule has 0 spiro atoms. The number of hydrogen-bond donors (Lipinski definition) is 0. The van der Waals surface area contributed by atoms with E-state index in [1.807, 2.05) is 0 Å². The van der Waals surface area contributed by atoms with E-state index in [0.717, 1.165) is 17.8 Å². The monoisotopic (exact) mass is 162 g/mol. The summed E-state index contributed by atoms with van der Waals surface area (Å²) in [6, 6.07) is 0. The van der Waals surface area contributed by atoms with Gasteiger partial charge in [-0.05, 0) is 48.9 Å². The summed E-state index contributed by atoms with van der Waals surface area (Å²) >= 11 is 0. The topological polar surface area (TPSA) is 0 Å². The van der Waals surface area contributed by atoms with E-state index in [9.17, 15) is 0 Å². The molecule has 2 atom stereocenters. The normalized spacial score (nSPS) is 47.8. The lowest BCUT2D eigenvalue weighted by Crippen LogP contribution is -2.45. The van der Waals surface area contributed by atoms with Crippen molar-refractivity contribution in [2.75, 3.05) is 0 Å². The molecule has 0 heteroatoms. The van der Waals surface area contributed by atoms with Gasteiger partial charge in [0.2, 0.25) is 0 Å². The van der Waals surface area contributed by atoms with Crippen LogP contribution in [-0.2, 0) is 0 Å². The molecule has 0 aromatic heterocycles. The Kier molecular flexibility index (Phi) is 1.18. The predicted octanol–water partition coefficient (Wildman–Crippen LogP) is 3.39. The van der Waals surface area contributed by atoms with Gasteiger partial charge in [-0.1, -0.05) is 25.5 Å². The second-order valence-electron chi connectivity index (χ2n) is 5.68. The van der Waals surface area contributed by atoms with Gasteiger partial charge in [0, 0.05) is 0 Å². The molecule has 4 aliphatic carbocycles. The highest BCUT2D eigenvalue weighted by Gasteiger charge is 2.48. The second kappa shape index (κ2) is 1.97. The summed E-state index contributed by atoms with van der Waals surface area (Å²) in [5.41, 5.74) is 2.46. The molecule has 0 N–H and O–H groups in total. The Bertz CT molecular complexity index is 227. The molecule has 0 aliphatic heterocycles.